The molecule has 84 valence electrons. The lowest BCUT2D eigenvalue weighted by atomic mass is 10.0. The van der Waals surface area contributed by atoms with Crippen molar-refractivity contribution in [3.8, 4) is 5.75 Å². The van der Waals surface area contributed by atoms with Gasteiger partial charge in [-0.05, 0) is 49.6 Å². The Morgan fingerprint density at radius 1 is 1.33 bits per heavy atom. The van der Waals surface area contributed by atoms with E-state index in [1.807, 2.05) is 0 Å². The Morgan fingerprint density at radius 2 is 1.93 bits per heavy atom. The number of rotatable bonds is 3. The molecule has 0 heterocycles. The van der Waals surface area contributed by atoms with E-state index in [1.165, 1.54) is 21.9 Å². The molecule has 0 atom stereocenters. The van der Waals surface area contributed by atoms with E-state index in [4.69, 9.17) is 16.3 Å². The molecule has 0 radical (unpaired) electrons. The third-order valence-corrected chi connectivity index (χ3v) is 3.66. The molecule has 0 aliphatic carbocycles. The second-order valence-electron chi connectivity index (χ2n) is 4.23. The lowest BCUT2D eigenvalue weighted by Gasteiger charge is -2.18. The van der Waals surface area contributed by atoms with Crippen LogP contribution in [0.15, 0.2) is 6.07 Å². The summed E-state index contributed by atoms with van der Waals surface area (Å²) >= 11 is 5.91. The topological polar surface area (TPSA) is 9.23 Å². The van der Waals surface area contributed by atoms with Crippen molar-refractivity contribution in [2.24, 2.45) is 0 Å². The van der Waals surface area contributed by atoms with E-state index < -0.39 is 0 Å². The molecular weight excluding hydrogens is 224 g/mol. The van der Waals surface area contributed by atoms with Gasteiger partial charge in [0.15, 0.2) is 0 Å². The number of halogens is 1. The number of ether oxygens (including phenoxy) is 1. The van der Waals surface area contributed by atoms with E-state index in [2.05, 4.69) is 33.8 Å². The van der Waals surface area contributed by atoms with Gasteiger partial charge in [-0.2, -0.15) is 0 Å². The average molecular weight is 243 g/mol. The molecule has 0 aromatic heterocycles. The summed E-state index contributed by atoms with van der Waals surface area (Å²) in [7, 11) is 0.997. The van der Waals surface area contributed by atoms with Crippen molar-refractivity contribution in [1.29, 1.82) is 0 Å². The molecule has 0 N–H and O–H groups in total. The molecule has 1 rings (SSSR count). The molecule has 0 saturated heterocycles. The Kier molecular flexibility index (Phi) is 4.23. The highest BCUT2D eigenvalue weighted by atomic mass is 35.5. The first kappa shape index (κ1) is 12.6. The highest BCUT2D eigenvalue weighted by molar-refractivity contribution is 6.34. The highest BCUT2D eigenvalue weighted by Gasteiger charge is 2.11. The maximum Gasteiger partial charge on any atom is 0.121 e. The first-order chi connectivity index (χ1) is 6.97. The molecule has 15 heavy (non-hydrogen) atoms. The van der Waals surface area contributed by atoms with Gasteiger partial charge in [-0.25, -0.2) is 0 Å². The van der Waals surface area contributed by atoms with E-state index in [0.29, 0.717) is 5.88 Å². The molecule has 3 heteroatoms. The van der Waals surface area contributed by atoms with Gasteiger partial charge < -0.3 is 4.74 Å². The molecule has 0 amide bonds. The van der Waals surface area contributed by atoms with Gasteiger partial charge in [0, 0.05) is 16.1 Å². The summed E-state index contributed by atoms with van der Waals surface area (Å²) < 4.78 is 5.85. The van der Waals surface area contributed by atoms with Gasteiger partial charge in [0.25, 0.3) is 0 Å². The Balaban J connectivity index is 3.23. The average Bonchev–Trinajstić information content (AvgIpc) is 2.18. The fourth-order valence-corrected chi connectivity index (χ4v) is 2.82. The summed E-state index contributed by atoms with van der Waals surface area (Å²) in [5.74, 6) is 1.66. The van der Waals surface area contributed by atoms with Crippen LogP contribution in [0.3, 0.4) is 0 Å². The standard InChI is InChI=1S/C12H19ClOSi/c1-7(2)14-12-9(4)8(3)10(6-13)5-11(12)15/h5,7H,6H2,1-4,15H3. The smallest absolute Gasteiger partial charge is 0.121 e. The molecule has 1 aromatic rings. The first-order valence-corrected chi connectivity index (χ1v) is 6.83. The van der Waals surface area contributed by atoms with Crippen LogP contribution >= 0.6 is 11.6 Å². The molecule has 0 aliphatic heterocycles. The largest absolute Gasteiger partial charge is 0.491 e. The van der Waals surface area contributed by atoms with Crippen LogP contribution in [-0.4, -0.2) is 16.3 Å². The summed E-state index contributed by atoms with van der Waals surface area (Å²) in [6.45, 7) is 8.35. The second-order valence-corrected chi connectivity index (χ2v) is 5.58. The molecule has 0 fully saturated rings. The lowest BCUT2D eigenvalue weighted by Crippen LogP contribution is -2.17. The van der Waals surface area contributed by atoms with E-state index >= 15 is 0 Å². The van der Waals surface area contributed by atoms with Crippen molar-refractivity contribution in [3.05, 3.63) is 22.8 Å². The maximum atomic E-state index is 5.91. The lowest BCUT2D eigenvalue weighted by molar-refractivity contribution is 0.242. The molecule has 0 bridgehead atoms. The fraction of sp³-hybridized carbons (Fsp3) is 0.500. The predicted molar refractivity (Wildman–Crippen MR) is 70.8 cm³/mol. The molecular formula is C12H19ClOSi. The third kappa shape index (κ3) is 2.76. The first-order valence-electron chi connectivity index (χ1n) is 5.29. The van der Waals surface area contributed by atoms with Gasteiger partial charge in [0.2, 0.25) is 0 Å². The van der Waals surface area contributed by atoms with E-state index in [0.717, 1.165) is 16.0 Å². The van der Waals surface area contributed by atoms with Crippen LogP contribution in [0.4, 0.5) is 0 Å². The van der Waals surface area contributed by atoms with Crippen molar-refractivity contribution in [2.75, 3.05) is 0 Å². The number of hydrogen-bond donors (Lipinski definition) is 0. The maximum absolute atomic E-state index is 5.91. The zero-order valence-electron chi connectivity index (χ0n) is 10.1. The molecule has 0 unspecified atom stereocenters. The van der Waals surface area contributed by atoms with Crippen molar-refractivity contribution in [2.45, 2.75) is 39.7 Å². The third-order valence-electron chi connectivity index (χ3n) is 2.63. The summed E-state index contributed by atoms with van der Waals surface area (Å²) in [4.78, 5) is 0. The zero-order chi connectivity index (χ0) is 11.6. The summed E-state index contributed by atoms with van der Waals surface area (Å²) in [5.41, 5.74) is 3.74. The van der Waals surface area contributed by atoms with Gasteiger partial charge in [0.05, 0.1) is 6.10 Å². The van der Waals surface area contributed by atoms with Crippen molar-refractivity contribution >= 4 is 27.0 Å². The van der Waals surface area contributed by atoms with Crippen LogP contribution in [0, 0.1) is 13.8 Å². The summed E-state index contributed by atoms with van der Waals surface area (Å²) in [6.07, 6.45) is 0.234. The Bertz CT molecular complexity index is 361. The second kappa shape index (κ2) is 5.04. The molecule has 1 aromatic carbocycles. The molecule has 0 spiro atoms. The van der Waals surface area contributed by atoms with Crippen LogP contribution in [0.2, 0.25) is 0 Å². The number of alkyl halides is 1. The molecule has 1 nitrogen and oxygen atoms in total. The van der Waals surface area contributed by atoms with Crippen molar-refractivity contribution in [3.63, 3.8) is 0 Å². The van der Waals surface area contributed by atoms with E-state index in [1.54, 1.807) is 0 Å². The van der Waals surface area contributed by atoms with Gasteiger partial charge in [-0.1, -0.05) is 6.07 Å². The van der Waals surface area contributed by atoms with Crippen molar-refractivity contribution in [1.82, 2.24) is 0 Å². The SMILES string of the molecule is Cc1c(CCl)cc([SiH3])c(OC(C)C)c1C. The van der Waals surface area contributed by atoms with Crippen LogP contribution < -0.4 is 9.92 Å². The van der Waals surface area contributed by atoms with Gasteiger partial charge in [-0.3, -0.25) is 0 Å². The minimum absolute atomic E-state index is 0.234. The Hall–Kier alpha value is -0.473. The van der Waals surface area contributed by atoms with Crippen LogP contribution in [0.25, 0.3) is 0 Å². The predicted octanol–water partition coefficient (Wildman–Crippen LogP) is 1.82. The fourth-order valence-electron chi connectivity index (χ4n) is 1.70. The van der Waals surface area contributed by atoms with Gasteiger partial charge in [-0.15, -0.1) is 11.6 Å². The summed E-state index contributed by atoms with van der Waals surface area (Å²) in [6, 6.07) is 2.18. The Labute approximate surface area is 100 Å². The minimum atomic E-state index is 0.234. The Morgan fingerprint density at radius 3 is 2.40 bits per heavy atom. The quantitative estimate of drug-likeness (QED) is 0.581. The zero-order valence-corrected chi connectivity index (χ0v) is 12.9. The van der Waals surface area contributed by atoms with Crippen LogP contribution in [-0.2, 0) is 5.88 Å². The number of hydrogen-bond acceptors (Lipinski definition) is 1. The molecule has 0 aliphatic rings. The molecule has 0 saturated carbocycles. The normalized spacial score (nSPS) is 11.1. The van der Waals surface area contributed by atoms with Crippen LogP contribution in [0.5, 0.6) is 5.75 Å². The van der Waals surface area contributed by atoms with E-state index in [9.17, 15) is 0 Å². The highest BCUT2D eigenvalue weighted by Crippen LogP contribution is 2.23. The van der Waals surface area contributed by atoms with Gasteiger partial charge >= 0.3 is 0 Å². The van der Waals surface area contributed by atoms with Crippen molar-refractivity contribution < 1.29 is 4.74 Å². The number of benzene rings is 1. The monoisotopic (exact) mass is 242 g/mol. The summed E-state index contributed by atoms with van der Waals surface area (Å²) in [5, 5.41) is 1.31. The van der Waals surface area contributed by atoms with E-state index in [-0.39, 0.29) is 6.10 Å². The van der Waals surface area contributed by atoms with Crippen LogP contribution in [0.1, 0.15) is 30.5 Å². The van der Waals surface area contributed by atoms with Gasteiger partial charge in [0.1, 0.15) is 5.75 Å². The minimum Gasteiger partial charge on any atom is -0.491 e.